The van der Waals surface area contributed by atoms with Gasteiger partial charge >= 0.3 is 0 Å². The first-order chi connectivity index (χ1) is 15.7. The van der Waals surface area contributed by atoms with E-state index in [1.165, 1.54) is 6.21 Å². The quantitative estimate of drug-likeness (QED) is 0.350. The smallest absolute Gasteiger partial charge is 0.246 e. The number of unbranched alkanes of at least 4 members (excludes halogenated alkanes) is 1. The third-order valence-electron chi connectivity index (χ3n) is 5.75. The number of nitrogens with one attached hydrogen (secondary N) is 3. The van der Waals surface area contributed by atoms with Gasteiger partial charge in [0.25, 0.3) is 0 Å². The number of hydrogen-bond donors (Lipinski definition) is 3. The highest BCUT2D eigenvalue weighted by Gasteiger charge is 2.41. The fourth-order valence-electron chi connectivity index (χ4n) is 3.77. The highest BCUT2D eigenvalue weighted by atomic mass is 16.5. The van der Waals surface area contributed by atoms with Crippen LogP contribution in [0.2, 0.25) is 0 Å². The Morgan fingerprint density at radius 1 is 1.24 bits per heavy atom. The van der Waals surface area contributed by atoms with Crippen LogP contribution >= 0.6 is 0 Å². The molecule has 0 aliphatic carbocycles. The third kappa shape index (κ3) is 7.96. The van der Waals surface area contributed by atoms with Crippen molar-refractivity contribution in [3.05, 3.63) is 35.4 Å². The predicted molar refractivity (Wildman–Crippen MR) is 128 cm³/mol. The minimum atomic E-state index is -0.748. The molecule has 33 heavy (non-hydrogen) atoms. The number of carbonyl (C=O) groups is 3. The number of likely N-dealkylation sites (tertiary alicyclic amines) is 1. The van der Waals surface area contributed by atoms with Crippen LogP contribution in [-0.2, 0) is 25.7 Å². The van der Waals surface area contributed by atoms with E-state index in [4.69, 9.17) is 10.1 Å². The summed E-state index contributed by atoms with van der Waals surface area (Å²) in [5, 5.41) is 13.0. The molecule has 1 aliphatic heterocycles. The molecule has 1 heterocycles. The highest BCUT2D eigenvalue weighted by Crippen LogP contribution is 2.26. The number of carbonyl (C=O) groups excluding carboxylic acids is 3. The monoisotopic (exact) mass is 458 g/mol. The van der Waals surface area contributed by atoms with Crippen LogP contribution in [0.5, 0.6) is 0 Å². The molecular formula is C25H38N4O4. The molecule has 1 aromatic rings. The summed E-state index contributed by atoms with van der Waals surface area (Å²) in [5.74, 6) is -0.760. The zero-order chi connectivity index (χ0) is 24.4. The van der Waals surface area contributed by atoms with Gasteiger partial charge in [0.1, 0.15) is 18.7 Å². The van der Waals surface area contributed by atoms with Gasteiger partial charge in [-0.25, -0.2) is 0 Å². The van der Waals surface area contributed by atoms with Crippen LogP contribution in [-0.4, -0.2) is 60.7 Å². The lowest BCUT2D eigenvalue weighted by atomic mass is 9.85. The van der Waals surface area contributed by atoms with Crippen LogP contribution < -0.4 is 10.6 Å². The molecule has 1 aliphatic rings. The first-order valence-electron chi connectivity index (χ1n) is 11.7. The van der Waals surface area contributed by atoms with Crippen LogP contribution in [0, 0.1) is 10.8 Å². The molecule has 3 N–H and O–H groups in total. The van der Waals surface area contributed by atoms with Crippen LogP contribution in [0.15, 0.2) is 24.3 Å². The molecule has 2 unspecified atom stereocenters. The van der Waals surface area contributed by atoms with Gasteiger partial charge in [-0.05, 0) is 35.8 Å². The number of amides is 3. The van der Waals surface area contributed by atoms with Crippen molar-refractivity contribution in [2.24, 2.45) is 5.41 Å². The van der Waals surface area contributed by atoms with Gasteiger partial charge in [-0.3, -0.25) is 14.4 Å². The van der Waals surface area contributed by atoms with Crippen LogP contribution in [0.25, 0.3) is 0 Å². The second kappa shape index (κ2) is 12.5. The molecule has 1 saturated heterocycles. The Balaban J connectivity index is 2.00. The number of rotatable bonds is 11. The zero-order valence-electron chi connectivity index (χ0n) is 20.3. The minimum absolute atomic E-state index is 0.0828. The summed E-state index contributed by atoms with van der Waals surface area (Å²) in [4.78, 5) is 40.3. The van der Waals surface area contributed by atoms with Gasteiger partial charge in [0.15, 0.2) is 0 Å². The van der Waals surface area contributed by atoms with Gasteiger partial charge < -0.3 is 25.7 Å². The lowest BCUT2D eigenvalue weighted by Crippen LogP contribution is -2.58. The Morgan fingerprint density at radius 2 is 1.94 bits per heavy atom. The molecule has 8 heteroatoms. The van der Waals surface area contributed by atoms with Gasteiger partial charge in [0, 0.05) is 25.9 Å². The summed E-state index contributed by atoms with van der Waals surface area (Å²) in [6.07, 6.45) is 4.47. The van der Waals surface area contributed by atoms with E-state index in [0.29, 0.717) is 26.1 Å². The molecule has 0 aromatic heterocycles. The van der Waals surface area contributed by atoms with Crippen molar-refractivity contribution in [2.45, 2.75) is 72.0 Å². The molecule has 1 fully saturated rings. The van der Waals surface area contributed by atoms with E-state index in [-0.39, 0.29) is 24.3 Å². The van der Waals surface area contributed by atoms with E-state index in [2.05, 4.69) is 10.6 Å². The van der Waals surface area contributed by atoms with Crippen molar-refractivity contribution in [2.75, 3.05) is 19.8 Å². The summed E-state index contributed by atoms with van der Waals surface area (Å²) >= 11 is 0. The van der Waals surface area contributed by atoms with Crippen molar-refractivity contribution in [1.29, 1.82) is 5.41 Å². The predicted octanol–water partition coefficient (Wildman–Crippen LogP) is 2.64. The average molecular weight is 459 g/mol. The SMILES string of the molecule is CCCCOCC(=O)NC(C(=O)N1CCCC1C(=O)NCc1ccc(C=N)cc1)C(C)(C)C. The van der Waals surface area contributed by atoms with Crippen LogP contribution in [0.4, 0.5) is 0 Å². The third-order valence-corrected chi connectivity index (χ3v) is 5.75. The van der Waals surface area contributed by atoms with Gasteiger partial charge in [-0.2, -0.15) is 0 Å². The maximum absolute atomic E-state index is 13.4. The van der Waals surface area contributed by atoms with Gasteiger partial charge in [0.05, 0.1) is 0 Å². The van der Waals surface area contributed by atoms with E-state index in [1.807, 2.05) is 52.0 Å². The molecule has 0 saturated carbocycles. The maximum atomic E-state index is 13.4. The van der Waals surface area contributed by atoms with E-state index < -0.39 is 17.5 Å². The summed E-state index contributed by atoms with van der Waals surface area (Å²) < 4.78 is 5.39. The second-order valence-electron chi connectivity index (χ2n) is 9.57. The summed E-state index contributed by atoms with van der Waals surface area (Å²) in [5.41, 5.74) is 1.20. The Kier molecular flexibility index (Phi) is 10.0. The Morgan fingerprint density at radius 3 is 2.55 bits per heavy atom. The first kappa shape index (κ1) is 26.5. The highest BCUT2D eigenvalue weighted by molar-refractivity contribution is 5.93. The summed E-state index contributed by atoms with van der Waals surface area (Å²) in [6.45, 7) is 9.01. The molecule has 0 radical (unpaired) electrons. The number of ether oxygens (including phenoxy) is 1. The number of hydrogen-bond acceptors (Lipinski definition) is 5. The molecular weight excluding hydrogens is 420 g/mol. The lowest BCUT2D eigenvalue weighted by molar-refractivity contribution is -0.144. The zero-order valence-corrected chi connectivity index (χ0v) is 20.3. The van der Waals surface area contributed by atoms with Crippen molar-refractivity contribution >= 4 is 23.9 Å². The van der Waals surface area contributed by atoms with E-state index in [0.717, 1.165) is 30.4 Å². The minimum Gasteiger partial charge on any atom is -0.372 e. The Bertz CT molecular complexity index is 817. The number of nitrogens with zero attached hydrogens (tertiary/aromatic N) is 1. The second-order valence-corrected chi connectivity index (χ2v) is 9.57. The first-order valence-corrected chi connectivity index (χ1v) is 11.7. The topological polar surface area (TPSA) is 112 Å². The standard InChI is InChI=1S/C25H38N4O4/c1-5-6-14-33-17-21(30)28-22(25(2,3)4)24(32)29-13-7-8-20(29)23(31)27-16-19-11-9-18(15-26)10-12-19/h9-12,15,20,22,26H,5-8,13-14,16-17H2,1-4H3,(H,27,31)(H,28,30). The van der Waals surface area contributed by atoms with Gasteiger partial charge in [-0.1, -0.05) is 58.4 Å². The fraction of sp³-hybridized carbons (Fsp3) is 0.600. The molecule has 3 amide bonds. The Hall–Kier alpha value is -2.74. The molecule has 2 atom stereocenters. The molecule has 0 bridgehead atoms. The largest absolute Gasteiger partial charge is 0.372 e. The molecule has 2 rings (SSSR count). The molecule has 182 valence electrons. The maximum Gasteiger partial charge on any atom is 0.246 e. The van der Waals surface area contributed by atoms with Crippen molar-refractivity contribution in [3.8, 4) is 0 Å². The summed E-state index contributed by atoms with van der Waals surface area (Å²) in [6, 6.07) is 6.07. The number of benzene rings is 1. The normalized spacial score (nSPS) is 16.8. The van der Waals surface area contributed by atoms with Crippen molar-refractivity contribution in [3.63, 3.8) is 0 Å². The van der Waals surface area contributed by atoms with Gasteiger partial charge in [0.2, 0.25) is 17.7 Å². The molecule has 8 nitrogen and oxygen atoms in total. The molecule has 0 spiro atoms. The van der Waals surface area contributed by atoms with E-state index in [1.54, 1.807) is 4.90 Å². The Labute approximate surface area is 197 Å². The lowest BCUT2D eigenvalue weighted by Gasteiger charge is -2.35. The van der Waals surface area contributed by atoms with Crippen LogP contribution in [0.3, 0.4) is 0 Å². The summed E-state index contributed by atoms with van der Waals surface area (Å²) in [7, 11) is 0. The van der Waals surface area contributed by atoms with E-state index in [9.17, 15) is 14.4 Å². The molecule has 1 aromatic carbocycles. The average Bonchev–Trinajstić information content (AvgIpc) is 3.28. The van der Waals surface area contributed by atoms with Crippen LogP contribution in [0.1, 0.15) is 64.5 Å². The van der Waals surface area contributed by atoms with E-state index >= 15 is 0 Å². The van der Waals surface area contributed by atoms with Gasteiger partial charge in [-0.15, -0.1) is 0 Å². The fourth-order valence-corrected chi connectivity index (χ4v) is 3.77. The van der Waals surface area contributed by atoms with Crippen molar-refractivity contribution < 1.29 is 19.1 Å². The van der Waals surface area contributed by atoms with Crippen molar-refractivity contribution in [1.82, 2.24) is 15.5 Å².